The molecule has 1 N–H and O–H groups in total. The quantitative estimate of drug-likeness (QED) is 0.662. The van der Waals surface area contributed by atoms with Crippen LogP contribution in [-0.2, 0) is 0 Å². The van der Waals surface area contributed by atoms with Gasteiger partial charge in [0.15, 0.2) is 0 Å². The fraction of sp³-hybridized carbons (Fsp3) is 0.600. The Kier molecular flexibility index (Phi) is 6.96. The Morgan fingerprint density at radius 3 is 2.72 bits per heavy atom. The molecule has 0 aliphatic carbocycles. The van der Waals surface area contributed by atoms with Crippen LogP contribution in [0.4, 0.5) is 5.69 Å². The summed E-state index contributed by atoms with van der Waals surface area (Å²) in [5, 5.41) is 4.20. The molecule has 2 nitrogen and oxygen atoms in total. The van der Waals surface area contributed by atoms with Gasteiger partial charge in [-0.25, -0.2) is 0 Å². The molecule has 0 bridgehead atoms. The standard InChI is InChI=1S/C15H24ClNO/c1-4-5-6-7-8-12(2)17-15-11-13(18-3)9-10-14(15)16/h9-12,17H,4-8H2,1-3H3. The first kappa shape index (κ1) is 15.2. The molecule has 0 radical (unpaired) electrons. The summed E-state index contributed by atoms with van der Waals surface area (Å²) >= 11 is 6.16. The van der Waals surface area contributed by atoms with Gasteiger partial charge in [0, 0.05) is 12.1 Å². The predicted molar refractivity (Wildman–Crippen MR) is 79.8 cm³/mol. The van der Waals surface area contributed by atoms with Gasteiger partial charge >= 0.3 is 0 Å². The normalized spacial score (nSPS) is 12.2. The van der Waals surface area contributed by atoms with Crippen molar-refractivity contribution in [3.63, 3.8) is 0 Å². The average Bonchev–Trinajstić information content (AvgIpc) is 2.37. The Balaban J connectivity index is 2.45. The lowest BCUT2D eigenvalue weighted by Crippen LogP contribution is -2.15. The number of hydrogen-bond donors (Lipinski definition) is 1. The van der Waals surface area contributed by atoms with Crippen LogP contribution in [-0.4, -0.2) is 13.2 Å². The number of unbranched alkanes of at least 4 members (excludes halogenated alkanes) is 3. The maximum absolute atomic E-state index is 6.16. The van der Waals surface area contributed by atoms with E-state index in [1.54, 1.807) is 7.11 Å². The zero-order chi connectivity index (χ0) is 13.4. The summed E-state index contributed by atoms with van der Waals surface area (Å²) in [6, 6.07) is 6.13. The summed E-state index contributed by atoms with van der Waals surface area (Å²) < 4.78 is 5.21. The largest absolute Gasteiger partial charge is 0.497 e. The molecule has 1 aromatic carbocycles. The molecule has 1 unspecified atom stereocenters. The van der Waals surface area contributed by atoms with Crippen molar-refractivity contribution in [3.8, 4) is 5.75 Å². The van der Waals surface area contributed by atoms with E-state index in [-0.39, 0.29) is 0 Å². The Bertz CT molecular complexity index is 354. The summed E-state index contributed by atoms with van der Waals surface area (Å²) in [6.45, 7) is 4.43. The zero-order valence-corrected chi connectivity index (χ0v) is 12.4. The van der Waals surface area contributed by atoms with Crippen LogP contribution in [0, 0.1) is 0 Å². The molecule has 0 amide bonds. The Hall–Kier alpha value is -0.890. The van der Waals surface area contributed by atoms with Crippen LogP contribution in [0.1, 0.15) is 46.0 Å². The number of anilines is 1. The first-order valence-electron chi connectivity index (χ1n) is 6.77. The van der Waals surface area contributed by atoms with Gasteiger partial charge in [0.2, 0.25) is 0 Å². The summed E-state index contributed by atoms with van der Waals surface area (Å²) in [5.74, 6) is 0.833. The van der Waals surface area contributed by atoms with Gasteiger partial charge in [-0.15, -0.1) is 0 Å². The van der Waals surface area contributed by atoms with Gasteiger partial charge in [-0.1, -0.05) is 44.2 Å². The molecule has 0 aromatic heterocycles. The molecule has 0 spiro atoms. The summed E-state index contributed by atoms with van der Waals surface area (Å²) in [4.78, 5) is 0. The van der Waals surface area contributed by atoms with Crippen LogP contribution in [0.25, 0.3) is 0 Å². The van der Waals surface area contributed by atoms with E-state index in [0.717, 1.165) is 16.5 Å². The number of nitrogens with one attached hydrogen (secondary N) is 1. The molecule has 0 fully saturated rings. The maximum atomic E-state index is 6.16. The fourth-order valence-corrected chi connectivity index (χ4v) is 2.13. The third-order valence-corrected chi connectivity index (χ3v) is 3.40. The SMILES string of the molecule is CCCCCCC(C)Nc1cc(OC)ccc1Cl. The molecule has 18 heavy (non-hydrogen) atoms. The fourth-order valence-electron chi connectivity index (χ4n) is 1.96. The van der Waals surface area contributed by atoms with Crippen molar-refractivity contribution < 1.29 is 4.74 Å². The topological polar surface area (TPSA) is 21.3 Å². The molecular formula is C15H24ClNO. The van der Waals surface area contributed by atoms with Crippen LogP contribution >= 0.6 is 11.6 Å². The Labute approximate surface area is 116 Å². The van der Waals surface area contributed by atoms with Crippen molar-refractivity contribution in [1.82, 2.24) is 0 Å². The maximum Gasteiger partial charge on any atom is 0.121 e. The van der Waals surface area contributed by atoms with Gasteiger partial charge in [-0.05, 0) is 25.5 Å². The zero-order valence-electron chi connectivity index (χ0n) is 11.6. The van der Waals surface area contributed by atoms with Crippen molar-refractivity contribution in [2.24, 2.45) is 0 Å². The molecule has 3 heteroatoms. The monoisotopic (exact) mass is 269 g/mol. The third kappa shape index (κ3) is 5.18. The minimum Gasteiger partial charge on any atom is -0.497 e. The molecular weight excluding hydrogens is 246 g/mol. The molecule has 0 saturated heterocycles. The summed E-state index contributed by atoms with van der Waals surface area (Å²) in [5.41, 5.74) is 0.957. The van der Waals surface area contributed by atoms with E-state index in [2.05, 4.69) is 19.2 Å². The van der Waals surface area contributed by atoms with Gasteiger partial charge in [0.05, 0.1) is 17.8 Å². The number of rotatable bonds is 8. The molecule has 1 atom stereocenters. The Morgan fingerprint density at radius 1 is 1.28 bits per heavy atom. The molecule has 0 aliphatic rings. The lowest BCUT2D eigenvalue weighted by atomic mass is 10.1. The van der Waals surface area contributed by atoms with Crippen LogP contribution in [0.3, 0.4) is 0 Å². The molecule has 1 aromatic rings. The smallest absolute Gasteiger partial charge is 0.121 e. The van der Waals surface area contributed by atoms with E-state index in [0.29, 0.717) is 6.04 Å². The summed E-state index contributed by atoms with van der Waals surface area (Å²) in [7, 11) is 1.67. The van der Waals surface area contributed by atoms with E-state index >= 15 is 0 Å². The van der Waals surface area contributed by atoms with E-state index in [1.165, 1.54) is 32.1 Å². The van der Waals surface area contributed by atoms with Gasteiger partial charge in [0.25, 0.3) is 0 Å². The van der Waals surface area contributed by atoms with E-state index in [9.17, 15) is 0 Å². The lowest BCUT2D eigenvalue weighted by molar-refractivity contribution is 0.415. The highest BCUT2D eigenvalue weighted by Crippen LogP contribution is 2.27. The highest BCUT2D eigenvalue weighted by molar-refractivity contribution is 6.33. The minimum absolute atomic E-state index is 0.437. The molecule has 0 heterocycles. The highest BCUT2D eigenvalue weighted by Gasteiger charge is 2.06. The Morgan fingerprint density at radius 2 is 2.06 bits per heavy atom. The van der Waals surface area contributed by atoms with Gasteiger partial charge in [0.1, 0.15) is 5.75 Å². The van der Waals surface area contributed by atoms with Crippen LogP contribution in [0.2, 0.25) is 5.02 Å². The number of benzene rings is 1. The van der Waals surface area contributed by atoms with E-state index in [4.69, 9.17) is 16.3 Å². The molecule has 1 rings (SSSR count). The van der Waals surface area contributed by atoms with Crippen molar-refractivity contribution >= 4 is 17.3 Å². The van der Waals surface area contributed by atoms with Crippen LogP contribution < -0.4 is 10.1 Å². The minimum atomic E-state index is 0.437. The first-order chi connectivity index (χ1) is 8.67. The van der Waals surface area contributed by atoms with Crippen molar-refractivity contribution in [3.05, 3.63) is 23.2 Å². The molecule has 0 aliphatic heterocycles. The van der Waals surface area contributed by atoms with Crippen LogP contribution in [0.15, 0.2) is 18.2 Å². The number of halogens is 1. The second kappa shape index (κ2) is 8.25. The first-order valence-corrected chi connectivity index (χ1v) is 7.15. The molecule has 0 saturated carbocycles. The van der Waals surface area contributed by atoms with Gasteiger partial charge < -0.3 is 10.1 Å². The van der Waals surface area contributed by atoms with Crippen LogP contribution in [0.5, 0.6) is 5.75 Å². The molecule has 102 valence electrons. The average molecular weight is 270 g/mol. The highest BCUT2D eigenvalue weighted by atomic mass is 35.5. The van der Waals surface area contributed by atoms with Gasteiger partial charge in [-0.2, -0.15) is 0 Å². The van der Waals surface area contributed by atoms with E-state index < -0.39 is 0 Å². The summed E-state index contributed by atoms with van der Waals surface area (Å²) in [6.07, 6.45) is 6.36. The van der Waals surface area contributed by atoms with E-state index in [1.807, 2.05) is 18.2 Å². The number of hydrogen-bond acceptors (Lipinski definition) is 2. The number of methoxy groups -OCH3 is 1. The predicted octanol–water partition coefficient (Wildman–Crippen LogP) is 5.12. The van der Waals surface area contributed by atoms with Gasteiger partial charge in [-0.3, -0.25) is 0 Å². The van der Waals surface area contributed by atoms with Crippen molar-refractivity contribution in [1.29, 1.82) is 0 Å². The second-order valence-corrected chi connectivity index (χ2v) is 5.15. The lowest BCUT2D eigenvalue weighted by Gasteiger charge is -2.17. The second-order valence-electron chi connectivity index (χ2n) is 4.74. The third-order valence-electron chi connectivity index (χ3n) is 3.07. The van der Waals surface area contributed by atoms with Crippen molar-refractivity contribution in [2.45, 2.75) is 52.0 Å². The number of ether oxygens (including phenoxy) is 1. The van der Waals surface area contributed by atoms with Crippen molar-refractivity contribution in [2.75, 3.05) is 12.4 Å².